The number of aliphatic hydroxyl groups is 1. The monoisotopic (exact) mass is 659 g/mol. The van der Waals surface area contributed by atoms with Gasteiger partial charge in [0, 0.05) is 54.9 Å². The van der Waals surface area contributed by atoms with Crippen LogP contribution in [0.3, 0.4) is 0 Å². The zero-order chi connectivity index (χ0) is 32.1. The van der Waals surface area contributed by atoms with E-state index in [0.29, 0.717) is 46.9 Å². The number of halogens is 3. The summed E-state index contributed by atoms with van der Waals surface area (Å²) >= 11 is 0.995. The van der Waals surface area contributed by atoms with E-state index in [2.05, 4.69) is 25.6 Å². The molecule has 5 aromatic rings. The normalized spacial score (nSPS) is 19.0. The highest BCUT2D eigenvalue weighted by Gasteiger charge is 2.37. The van der Waals surface area contributed by atoms with Crippen LogP contribution in [0.15, 0.2) is 55.0 Å². The number of nitrogens with zero attached hydrogens (tertiary/aromatic N) is 5. The Kier molecular flexibility index (Phi) is 8.22. The Hall–Kier alpha value is -3.79. The lowest BCUT2D eigenvalue weighted by atomic mass is 10.0. The van der Waals surface area contributed by atoms with Crippen LogP contribution in [0.4, 0.5) is 24.9 Å². The molecule has 1 aromatic carbocycles. The van der Waals surface area contributed by atoms with Gasteiger partial charge in [-0.25, -0.2) is 17.4 Å². The number of alkyl halides is 3. The van der Waals surface area contributed by atoms with Crippen LogP contribution in [0.25, 0.3) is 32.2 Å². The first-order valence-corrected chi connectivity index (χ1v) is 16.9. The number of anilines is 2. The van der Waals surface area contributed by atoms with Crippen LogP contribution in [0.2, 0.25) is 0 Å². The third-order valence-electron chi connectivity index (χ3n) is 8.15. The molecule has 0 spiro atoms. The lowest BCUT2D eigenvalue weighted by Crippen LogP contribution is -2.38. The average Bonchev–Trinajstić information content (AvgIpc) is 3.70. The van der Waals surface area contributed by atoms with E-state index in [1.54, 1.807) is 26.4 Å². The highest BCUT2D eigenvalue weighted by molar-refractivity contribution is 7.89. The highest BCUT2D eigenvalue weighted by Crippen LogP contribution is 2.37. The molecule has 1 aliphatic carbocycles. The second kappa shape index (κ2) is 11.9. The minimum Gasteiger partial charge on any atom is -0.391 e. The summed E-state index contributed by atoms with van der Waals surface area (Å²) in [6, 6.07) is 10.9. The van der Waals surface area contributed by atoms with Gasteiger partial charge >= 0.3 is 6.18 Å². The van der Waals surface area contributed by atoms with E-state index in [4.69, 9.17) is 0 Å². The molecule has 3 atom stereocenters. The fraction of sp³-hybridized carbons (Fsp3) is 0.367. The number of nitrogens with one attached hydrogen (secondary N) is 2. The maximum atomic E-state index is 13.1. The summed E-state index contributed by atoms with van der Waals surface area (Å²) < 4.78 is 64.7. The number of likely N-dealkylation sites (N-methyl/N-ethyl adjacent to an activating group) is 1. The van der Waals surface area contributed by atoms with Gasteiger partial charge in [-0.2, -0.15) is 18.2 Å². The molecule has 0 amide bonds. The SMILES string of the molecule is CNc1nc(N(C)[C@H]2C[C@@H](NCc3ccc(-c4cncc5c4ccn5S(C)(=O)=O)cc3)C[C@H]2O)c2cc(CC(F)(F)F)sc2n1. The molecule has 10 nitrogen and oxygen atoms in total. The van der Waals surface area contributed by atoms with Crippen LogP contribution >= 0.6 is 11.3 Å². The molecule has 15 heteroatoms. The van der Waals surface area contributed by atoms with Crippen molar-refractivity contribution in [3.8, 4) is 11.1 Å². The van der Waals surface area contributed by atoms with E-state index in [9.17, 15) is 26.7 Å². The Morgan fingerprint density at radius 2 is 1.87 bits per heavy atom. The Labute approximate surface area is 262 Å². The molecule has 0 saturated heterocycles. The number of aromatic nitrogens is 4. The fourth-order valence-corrected chi connectivity index (χ4v) is 7.81. The lowest BCUT2D eigenvalue weighted by molar-refractivity contribution is -0.126. The molecule has 4 heterocycles. The summed E-state index contributed by atoms with van der Waals surface area (Å²) in [4.78, 5) is 15.6. The predicted octanol–water partition coefficient (Wildman–Crippen LogP) is 4.78. The summed E-state index contributed by atoms with van der Waals surface area (Å²) in [6.45, 7) is 0.563. The number of fused-ring (bicyclic) bond motifs is 2. The van der Waals surface area contributed by atoms with Crippen molar-refractivity contribution in [2.75, 3.05) is 30.6 Å². The minimum absolute atomic E-state index is 0.00481. The molecule has 0 radical (unpaired) electrons. The smallest absolute Gasteiger partial charge is 0.391 e. The summed E-state index contributed by atoms with van der Waals surface area (Å²) in [7, 11) is 0.000925. The molecular weight excluding hydrogens is 628 g/mol. The van der Waals surface area contributed by atoms with Gasteiger partial charge in [-0.15, -0.1) is 11.3 Å². The van der Waals surface area contributed by atoms with Crippen molar-refractivity contribution in [2.45, 2.75) is 50.2 Å². The molecule has 238 valence electrons. The summed E-state index contributed by atoms with van der Waals surface area (Å²) in [5.41, 5.74) is 3.29. The van der Waals surface area contributed by atoms with Crippen molar-refractivity contribution in [1.82, 2.24) is 24.2 Å². The Morgan fingerprint density at radius 3 is 2.56 bits per heavy atom. The lowest BCUT2D eigenvalue weighted by Gasteiger charge is -2.29. The number of rotatable bonds is 9. The first kappa shape index (κ1) is 31.2. The average molecular weight is 660 g/mol. The number of benzene rings is 1. The molecule has 0 unspecified atom stereocenters. The quantitative estimate of drug-likeness (QED) is 0.205. The van der Waals surface area contributed by atoms with Crippen LogP contribution in [-0.4, -0.2) is 77.2 Å². The van der Waals surface area contributed by atoms with Crippen molar-refractivity contribution in [2.24, 2.45) is 0 Å². The van der Waals surface area contributed by atoms with Crippen LogP contribution in [-0.2, 0) is 23.0 Å². The summed E-state index contributed by atoms with van der Waals surface area (Å²) in [5, 5.41) is 18.7. The van der Waals surface area contributed by atoms with Gasteiger partial charge in [0.25, 0.3) is 0 Å². The second-order valence-corrected chi connectivity index (χ2v) is 14.3. The third kappa shape index (κ3) is 6.48. The van der Waals surface area contributed by atoms with E-state index < -0.39 is 28.7 Å². The highest BCUT2D eigenvalue weighted by atomic mass is 32.2. The number of thiophene rings is 1. The molecule has 0 aliphatic heterocycles. The first-order valence-electron chi connectivity index (χ1n) is 14.2. The fourth-order valence-electron chi connectivity index (χ4n) is 5.97. The number of aliphatic hydroxyl groups excluding tert-OH is 1. The molecule has 45 heavy (non-hydrogen) atoms. The van der Waals surface area contributed by atoms with Crippen LogP contribution in [0, 0.1) is 0 Å². The van der Waals surface area contributed by atoms with Crippen LogP contribution in [0.5, 0.6) is 0 Å². The Bertz CT molecular complexity index is 1960. The molecule has 6 rings (SSSR count). The molecular formula is C30H32F3N7O3S2. The maximum Gasteiger partial charge on any atom is 0.393 e. The van der Waals surface area contributed by atoms with Crippen LogP contribution < -0.4 is 15.5 Å². The van der Waals surface area contributed by atoms with Gasteiger partial charge in [0.05, 0.1) is 41.9 Å². The van der Waals surface area contributed by atoms with Crippen molar-refractivity contribution in [3.05, 3.63) is 65.4 Å². The van der Waals surface area contributed by atoms with Gasteiger partial charge in [0.1, 0.15) is 10.6 Å². The first-order chi connectivity index (χ1) is 21.3. The van der Waals surface area contributed by atoms with Gasteiger partial charge in [0.15, 0.2) is 0 Å². The van der Waals surface area contributed by atoms with E-state index >= 15 is 0 Å². The second-order valence-electron chi connectivity index (χ2n) is 11.3. The number of pyridine rings is 1. The van der Waals surface area contributed by atoms with Crippen molar-refractivity contribution in [3.63, 3.8) is 0 Å². The van der Waals surface area contributed by atoms with E-state index in [1.165, 1.54) is 22.4 Å². The van der Waals surface area contributed by atoms with Crippen molar-refractivity contribution >= 4 is 54.2 Å². The topological polar surface area (TPSA) is 125 Å². The summed E-state index contributed by atoms with van der Waals surface area (Å²) in [6.07, 6.45) is 1.03. The molecule has 0 bridgehead atoms. The minimum atomic E-state index is -4.33. The molecule has 1 fully saturated rings. The maximum absolute atomic E-state index is 13.1. The molecule has 1 aliphatic rings. The van der Waals surface area contributed by atoms with E-state index in [0.717, 1.165) is 39.7 Å². The van der Waals surface area contributed by atoms with Gasteiger partial charge in [-0.3, -0.25) is 4.98 Å². The Balaban J connectivity index is 1.14. The van der Waals surface area contributed by atoms with E-state index in [-0.39, 0.29) is 17.0 Å². The van der Waals surface area contributed by atoms with Gasteiger partial charge < -0.3 is 20.6 Å². The standard InChI is InChI=1S/C30H32F3N7O3S2/c1-34-29-37-27(22-12-20(13-30(31,32)33)44-28(22)38-29)39(2)24-10-19(11-26(24)41)36-14-17-4-6-18(7-5-17)23-15-35-16-25-21(23)8-9-40(25)45(3,42)43/h4-9,12,15-16,19,24,26,36,41H,10-11,13-14H2,1-3H3,(H,34,37,38)/t19-,24+,26-/m1/s1. The van der Waals surface area contributed by atoms with E-state index in [1.807, 2.05) is 29.2 Å². The zero-order valence-electron chi connectivity index (χ0n) is 24.7. The van der Waals surface area contributed by atoms with Crippen molar-refractivity contribution in [1.29, 1.82) is 0 Å². The van der Waals surface area contributed by atoms with Crippen LogP contribution in [0.1, 0.15) is 23.3 Å². The molecule has 3 N–H and O–H groups in total. The molecule has 1 saturated carbocycles. The third-order valence-corrected chi connectivity index (χ3v) is 10.2. The predicted molar refractivity (Wildman–Crippen MR) is 170 cm³/mol. The number of hydrogen-bond acceptors (Lipinski definition) is 10. The van der Waals surface area contributed by atoms with Gasteiger partial charge in [0.2, 0.25) is 16.0 Å². The van der Waals surface area contributed by atoms with Gasteiger partial charge in [-0.1, -0.05) is 24.3 Å². The van der Waals surface area contributed by atoms with Crippen molar-refractivity contribution < 1.29 is 26.7 Å². The Morgan fingerprint density at radius 1 is 1.11 bits per heavy atom. The van der Waals surface area contributed by atoms with Gasteiger partial charge in [-0.05, 0) is 36.1 Å². The molecule has 4 aromatic heterocycles. The number of hydrogen-bond donors (Lipinski definition) is 3. The zero-order valence-corrected chi connectivity index (χ0v) is 26.3. The largest absolute Gasteiger partial charge is 0.393 e. The summed E-state index contributed by atoms with van der Waals surface area (Å²) in [5.74, 6) is 0.779.